The molecule has 0 saturated carbocycles. The van der Waals surface area contributed by atoms with Crippen molar-refractivity contribution in [3.63, 3.8) is 0 Å². The minimum absolute atomic E-state index is 0.0408. The van der Waals surface area contributed by atoms with Crippen LogP contribution in [0.15, 0.2) is 18.2 Å². The number of hydrogen-bond acceptors (Lipinski definition) is 2. The van der Waals surface area contributed by atoms with Crippen molar-refractivity contribution in [2.45, 2.75) is 19.9 Å². The number of nitrogens with one attached hydrogen (secondary N) is 1. The van der Waals surface area contributed by atoms with E-state index in [1.165, 1.54) is 12.1 Å². The van der Waals surface area contributed by atoms with Crippen molar-refractivity contribution in [3.8, 4) is 5.75 Å². The quantitative estimate of drug-likeness (QED) is 0.838. The Morgan fingerprint density at radius 2 is 2.00 bits per heavy atom. The first kappa shape index (κ1) is 12.9. The van der Waals surface area contributed by atoms with Gasteiger partial charge in [0.1, 0.15) is 6.61 Å². The first-order chi connectivity index (χ1) is 7.56. The lowest BCUT2D eigenvalue weighted by molar-refractivity contribution is 0.227. The van der Waals surface area contributed by atoms with Crippen molar-refractivity contribution in [2.24, 2.45) is 5.92 Å². The van der Waals surface area contributed by atoms with E-state index in [0.29, 0.717) is 12.5 Å². The molecule has 0 aliphatic rings. The van der Waals surface area contributed by atoms with E-state index in [0.717, 1.165) is 6.07 Å². The summed E-state index contributed by atoms with van der Waals surface area (Å²) in [6, 6.07) is 4.03. The topological polar surface area (TPSA) is 21.3 Å². The van der Waals surface area contributed by atoms with Crippen molar-refractivity contribution in [3.05, 3.63) is 29.8 Å². The van der Waals surface area contributed by atoms with Crippen LogP contribution in [-0.4, -0.2) is 19.7 Å². The second kappa shape index (κ2) is 5.80. The fraction of sp³-hybridized carbons (Fsp3) is 0.500. The van der Waals surface area contributed by atoms with Crippen LogP contribution in [0, 0.1) is 17.6 Å². The van der Waals surface area contributed by atoms with E-state index < -0.39 is 11.6 Å². The molecule has 16 heavy (non-hydrogen) atoms. The highest BCUT2D eigenvalue weighted by Crippen LogP contribution is 2.19. The molecule has 1 aromatic carbocycles. The SMILES string of the molecule is CNC(COc1cccc(F)c1F)C(C)C. The molecule has 1 N–H and O–H groups in total. The molecule has 0 amide bonds. The summed E-state index contributed by atoms with van der Waals surface area (Å²) in [5.41, 5.74) is 0. The van der Waals surface area contributed by atoms with Crippen molar-refractivity contribution in [2.75, 3.05) is 13.7 Å². The van der Waals surface area contributed by atoms with Gasteiger partial charge in [-0.15, -0.1) is 0 Å². The summed E-state index contributed by atoms with van der Waals surface area (Å²) in [5.74, 6) is -1.49. The smallest absolute Gasteiger partial charge is 0.200 e. The fourth-order valence-electron chi connectivity index (χ4n) is 1.38. The minimum atomic E-state index is -0.930. The van der Waals surface area contributed by atoms with Crippen LogP contribution in [0.25, 0.3) is 0 Å². The van der Waals surface area contributed by atoms with Gasteiger partial charge in [0.15, 0.2) is 11.6 Å². The Labute approximate surface area is 94.6 Å². The molecule has 0 heterocycles. The molecule has 0 aromatic heterocycles. The van der Waals surface area contributed by atoms with E-state index in [4.69, 9.17) is 4.74 Å². The Balaban J connectivity index is 2.64. The Morgan fingerprint density at radius 1 is 1.31 bits per heavy atom. The number of ether oxygens (including phenoxy) is 1. The highest BCUT2D eigenvalue weighted by molar-refractivity contribution is 5.25. The van der Waals surface area contributed by atoms with Gasteiger partial charge >= 0.3 is 0 Å². The molecule has 0 saturated heterocycles. The maximum atomic E-state index is 13.2. The van der Waals surface area contributed by atoms with Crippen LogP contribution >= 0.6 is 0 Å². The number of likely N-dealkylation sites (N-methyl/N-ethyl adjacent to an activating group) is 1. The second-order valence-electron chi connectivity index (χ2n) is 4.00. The summed E-state index contributed by atoms with van der Waals surface area (Å²) < 4.78 is 31.4. The van der Waals surface area contributed by atoms with Crippen LogP contribution in [-0.2, 0) is 0 Å². The molecule has 1 aromatic rings. The van der Waals surface area contributed by atoms with E-state index in [9.17, 15) is 8.78 Å². The van der Waals surface area contributed by atoms with E-state index in [1.54, 1.807) is 0 Å². The first-order valence-corrected chi connectivity index (χ1v) is 5.30. The minimum Gasteiger partial charge on any atom is -0.489 e. The highest BCUT2D eigenvalue weighted by Gasteiger charge is 2.14. The largest absolute Gasteiger partial charge is 0.489 e. The molecule has 0 fully saturated rings. The average Bonchev–Trinajstić information content (AvgIpc) is 2.24. The van der Waals surface area contributed by atoms with Crippen LogP contribution in [0.3, 0.4) is 0 Å². The van der Waals surface area contributed by atoms with Gasteiger partial charge in [0.25, 0.3) is 0 Å². The number of benzene rings is 1. The van der Waals surface area contributed by atoms with E-state index in [2.05, 4.69) is 5.32 Å². The van der Waals surface area contributed by atoms with Crippen molar-refractivity contribution in [1.82, 2.24) is 5.32 Å². The van der Waals surface area contributed by atoms with Crippen molar-refractivity contribution in [1.29, 1.82) is 0 Å². The predicted octanol–water partition coefficient (Wildman–Crippen LogP) is 2.59. The zero-order chi connectivity index (χ0) is 12.1. The third-order valence-corrected chi connectivity index (χ3v) is 2.51. The monoisotopic (exact) mass is 229 g/mol. The Bertz CT molecular complexity index is 342. The zero-order valence-electron chi connectivity index (χ0n) is 9.76. The molecular formula is C12H17F2NO. The van der Waals surface area contributed by atoms with E-state index in [1.807, 2.05) is 20.9 Å². The zero-order valence-corrected chi connectivity index (χ0v) is 9.76. The maximum absolute atomic E-state index is 13.2. The van der Waals surface area contributed by atoms with Gasteiger partial charge in [-0.25, -0.2) is 4.39 Å². The molecule has 1 unspecified atom stereocenters. The molecule has 1 atom stereocenters. The Morgan fingerprint density at radius 3 is 2.56 bits per heavy atom. The van der Waals surface area contributed by atoms with E-state index in [-0.39, 0.29) is 11.8 Å². The van der Waals surface area contributed by atoms with Crippen LogP contribution in [0.1, 0.15) is 13.8 Å². The molecule has 0 bridgehead atoms. The van der Waals surface area contributed by atoms with Crippen LogP contribution in [0.2, 0.25) is 0 Å². The lowest BCUT2D eigenvalue weighted by Gasteiger charge is -2.20. The molecular weight excluding hydrogens is 212 g/mol. The number of halogens is 2. The summed E-state index contributed by atoms with van der Waals surface area (Å²) >= 11 is 0. The van der Waals surface area contributed by atoms with Gasteiger partial charge in [0.2, 0.25) is 5.82 Å². The van der Waals surface area contributed by atoms with Gasteiger partial charge in [-0.3, -0.25) is 0 Å². The van der Waals surface area contributed by atoms with Gasteiger partial charge in [-0.05, 0) is 25.1 Å². The van der Waals surface area contributed by atoms with E-state index >= 15 is 0 Å². The van der Waals surface area contributed by atoms with Crippen molar-refractivity contribution < 1.29 is 13.5 Å². The third kappa shape index (κ3) is 3.17. The lowest BCUT2D eigenvalue weighted by Crippen LogP contribution is -2.36. The summed E-state index contributed by atoms with van der Waals surface area (Å²) in [4.78, 5) is 0. The summed E-state index contributed by atoms with van der Waals surface area (Å²) in [6.45, 7) is 4.38. The van der Waals surface area contributed by atoms with Gasteiger partial charge in [-0.1, -0.05) is 19.9 Å². The normalized spacial score (nSPS) is 12.9. The molecule has 90 valence electrons. The van der Waals surface area contributed by atoms with Gasteiger partial charge in [-0.2, -0.15) is 4.39 Å². The average molecular weight is 229 g/mol. The summed E-state index contributed by atoms with van der Waals surface area (Å²) in [5, 5.41) is 3.06. The first-order valence-electron chi connectivity index (χ1n) is 5.30. The molecule has 0 spiro atoms. The summed E-state index contributed by atoms with van der Waals surface area (Å²) in [6.07, 6.45) is 0. The second-order valence-corrected chi connectivity index (χ2v) is 4.00. The molecule has 0 aliphatic heterocycles. The molecule has 1 rings (SSSR count). The molecule has 4 heteroatoms. The highest BCUT2D eigenvalue weighted by atomic mass is 19.2. The number of hydrogen-bond donors (Lipinski definition) is 1. The fourth-order valence-corrected chi connectivity index (χ4v) is 1.38. The predicted molar refractivity (Wildman–Crippen MR) is 59.5 cm³/mol. The van der Waals surface area contributed by atoms with Gasteiger partial charge in [0, 0.05) is 6.04 Å². The van der Waals surface area contributed by atoms with Crippen LogP contribution < -0.4 is 10.1 Å². The summed E-state index contributed by atoms with van der Waals surface area (Å²) in [7, 11) is 1.82. The lowest BCUT2D eigenvalue weighted by atomic mass is 10.1. The van der Waals surface area contributed by atoms with Crippen LogP contribution in [0.5, 0.6) is 5.75 Å². The third-order valence-electron chi connectivity index (χ3n) is 2.51. The van der Waals surface area contributed by atoms with Gasteiger partial charge < -0.3 is 10.1 Å². The molecule has 0 radical (unpaired) electrons. The number of rotatable bonds is 5. The molecule has 0 aliphatic carbocycles. The van der Waals surface area contributed by atoms with Crippen LogP contribution in [0.4, 0.5) is 8.78 Å². The Hall–Kier alpha value is -1.16. The molecule has 2 nitrogen and oxygen atoms in total. The van der Waals surface area contributed by atoms with Gasteiger partial charge in [0.05, 0.1) is 0 Å². The maximum Gasteiger partial charge on any atom is 0.200 e. The van der Waals surface area contributed by atoms with Crippen molar-refractivity contribution >= 4 is 0 Å². The Kier molecular flexibility index (Phi) is 4.68. The standard InChI is InChI=1S/C12H17F2NO/c1-8(2)10(15-3)7-16-11-6-4-5-9(13)12(11)14/h4-6,8,10,15H,7H2,1-3H3.